The van der Waals surface area contributed by atoms with E-state index in [-0.39, 0.29) is 5.91 Å². The second kappa shape index (κ2) is 6.66. The van der Waals surface area contributed by atoms with Crippen LogP contribution in [0.15, 0.2) is 66.7 Å². The van der Waals surface area contributed by atoms with Gasteiger partial charge in [-0.05, 0) is 34.4 Å². The van der Waals surface area contributed by atoms with Crippen molar-refractivity contribution in [3.63, 3.8) is 0 Å². The van der Waals surface area contributed by atoms with Crippen LogP contribution in [0.4, 0.5) is 0 Å². The predicted octanol–water partition coefficient (Wildman–Crippen LogP) is 4.67. The van der Waals surface area contributed by atoms with Gasteiger partial charge in [0.05, 0.1) is 0 Å². The highest BCUT2D eigenvalue weighted by atomic mass is 16.2. The van der Waals surface area contributed by atoms with Crippen LogP contribution in [0.2, 0.25) is 0 Å². The van der Waals surface area contributed by atoms with E-state index < -0.39 is 0 Å². The van der Waals surface area contributed by atoms with Gasteiger partial charge in [-0.2, -0.15) is 0 Å². The Bertz CT molecular complexity index is 815. The maximum atomic E-state index is 12.8. The standard InChI is InChI=1S/C21H21NO/c1-3-16-11-13-17(14-12-16)15-22(2)21(23)20-10-6-8-18-7-4-5-9-19(18)20/h4-14H,3,15H2,1-2H3. The van der Waals surface area contributed by atoms with Crippen molar-refractivity contribution in [3.8, 4) is 0 Å². The lowest BCUT2D eigenvalue weighted by Crippen LogP contribution is -2.26. The summed E-state index contributed by atoms with van der Waals surface area (Å²) in [4.78, 5) is 14.6. The largest absolute Gasteiger partial charge is 0.337 e. The summed E-state index contributed by atoms with van der Waals surface area (Å²) in [5.74, 6) is 0.0568. The molecule has 0 atom stereocenters. The fourth-order valence-electron chi connectivity index (χ4n) is 2.84. The Morgan fingerprint density at radius 2 is 1.52 bits per heavy atom. The van der Waals surface area contributed by atoms with Gasteiger partial charge in [-0.1, -0.05) is 67.6 Å². The third-order valence-corrected chi connectivity index (χ3v) is 4.22. The number of benzene rings is 3. The van der Waals surface area contributed by atoms with E-state index in [0.29, 0.717) is 6.54 Å². The molecule has 1 amide bonds. The van der Waals surface area contributed by atoms with Crippen LogP contribution in [0.3, 0.4) is 0 Å². The van der Waals surface area contributed by atoms with Crippen molar-refractivity contribution in [3.05, 3.63) is 83.4 Å². The number of hydrogen-bond donors (Lipinski definition) is 0. The van der Waals surface area contributed by atoms with Crippen molar-refractivity contribution in [2.45, 2.75) is 19.9 Å². The van der Waals surface area contributed by atoms with E-state index in [1.54, 1.807) is 4.90 Å². The Hall–Kier alpha value is -2.61. The Morgan fingerprint density at radius 1 is 0.870 bits per heavy atom. The summed E-state index contributed by atoms with van der Waals surface area (Å²) < 4.78 is 0. The van der Waals surface area contributed by atoms with E-state index in [9.17, 15) is 4.79 Å². The van der Waals surface area contributed by atoms with Crippen molar-refractivity contribution in [1.82, 2.24) is 4.90 Å². The molecule has 3 rings (SSSR count). The van der Waals surface area contributed by atoms with E-state index >= 15 is 0 Å². The molecule has 0 aliphatic rings. The van der Waals surface area contributed by atoms with Gasteiger partial charge < -0.3 is 4.90 Å². The molecular formula is C21H21NO. The summed E-state index contributed by atoms with van der Waals surface area (Å²) in [7, 11) is 1.86. The molecule has 0 aromatic heterocycles. The molecular weight excluding hydrogens is 282 g/mol. The normalized spacial score (nSPS) is 10.7. The minimum Gasteiger partial charge on any atom is -0.337 e. The molecule has 0 aliphatic carbocycles. The highest BCUT2D eigenvalue weighted by molar-refractivity contribution is 6.06. The smallest absolute Gasteiger partial charge is 0.254 e. The van der Waals surface area contributed by atoms with E-state index in [1.807, 2.05) is 49.5 Å². The topological polar surface area (TPSA) is 20.3 Å². The molecule has 23 heavy (non-hydrogen) atoms. The minimum atomic E-state index is 0.0568. The summed E-state index contributed by atoms with van der Waals surface area (Å²) in [6.45, 7) is 2.76. The number of fused-ring (bicyclic) bond motifs is 1. The molecule has 2 heteroatoms. The molecule has 0 fully saturated rings. The molecule has 0 aliphatic heterocycles. The second-order valence-electron chi connectivity index (χ2n) is 5.86. The Morgan fingerprint density at radius 3 is 2.26 bits per heavy atom. The molecule has 0 radical (unpaired) electrons. The first-order chi connectivity index (χ1) is 11.2. The van der Waals surface area contributed by atoms with Gasteiger partial charge in [0.1, 0.15) is 0 Å². The zero-order valence-corrected chi connectivity index (χ0v) is 13.6. The average molecular weight is 303 g/mol. The van der Waals surface area contributed by atoms with Crippen LogP contribution in [-0.4, -0.2) is 17.9 Å². The lowest BCUT2D eigenvalue weighted by molar-refractivity contribution is 0.0787. The number of amides is 1. The monoisotopic (exact) mass is 303 g/mol. The zero-order valence-electron chi connectivity index (χ0n) is 13.6. The van der Waals surface area contributed by atoms with Gasteiger partial charge in [0.15, 0.2) is 0 Å². The van der Waals surface area contributed by atoms with Gasteiger partial charge in [0, 0.05) is 19.2 Å². The maximum absolute atomic E-state index is 12.8. The minimum absolute atomic E-state index is 0.0568. The van der Waals surface area contributed by atoms with Gasteiger partial charge >= 0.3 is 0 Å². The van der Waals surface area contributed by atoms with E-state index in [4.69, 9.17) is 0 Å². The van der Waals surface area contributed by atoms with Gasteiger partial charge in [0.2, 0.25) is 0 Å². The summed E-state index contributed by atoms with van der Waals surface area (Å²) in [5.41, 5.74) is 3.23. The summed E-state index contributed by atoms with van der Waals surface area (Å²) in [5, 5.41) is 2.10. The predicted molar refractivity (Wildman–Crippen MR) is 95.6 cm³/mol. The van der Waals surface area contributed by atoms with E-state index in [2.05, 4.69) is 31.2 Å². The van der Waals surface area contributed by atoms with Crippen molar-refractivity contribution >= 4 is 16.7 Å². The van der Waals surface area contributed by atoms with Crippen molar-refractivity contribution in [2.75, 3.05) is 7.05 Å². The van der Waals surface area contributed by atoms with Crippen molar-refractivity contribution < 1.29 is 4.79 Å². The number of rotatable bonds is 4. The fourth-order valence-corrected chi connectivity index (χ4v) is 2.84. The highest BCUT2D eigenvalue weighted by Gasteiger charge is 2.14. The molecule has 0 unspecified atom stereocenters. The highest BCUT2D eigenvalue weighted by Crippen LogP contribution is 2.20. The number of hydrogen-bond acceptors (Lipinski definition) is 1. The van der Waals surface area contributed by atoms with Crippen LogP contribution in [0.5, 0.6) is 0 Å². The molecule has 0 saturated carbocycles. The number of carbonyl (C=O) groups excluding carboxylic acids is 1. The van der Waals surface area contributed by atoms with Gasteiger partial charge in [-0.25, -0.2) is 0 Å². The molecule has 2 nitrogen and oxygen atoms in total. The van der Waals surface area contributed by atoms with Crippen molar-refractivity contribution in [2.24, 2.45) is 0 Å². The maximum Gasteiger partial charge on any atom is 0.254 e. The van der Waals surface area contributed by atoms with Crippen LogP contribution in [0, 0.1) is 0 Å². The first-order valence-corrected chi connectivity index (χ1v) is 8.00. The number of aryl methyl sites for hydroxylation is 1. The van der Waals surface area contributed by atoms with Gasteiger partial charge in [-0.15, -0.1) is 0 Å². The van der Waals surface area contributed by atoms with Gasteiger partial charge in [0.25, 0.3) is 5.91 Å². The molecule has 3 aromatic rings. The zero-order chi connectivity index (χ0) is 16.2. The fraction of sp³-hybridized carbons (Fsp3) is 0.190. The van der Waals surface area contributed by atoms with Crippen LogP contribution in [-0.2, 0) is 13.0 Å². The lowest BCUT2D eigenvalue weighted by Gasteiger charge is -2.18. The Labute approximate surface area is 137 Å². The first kappa shape index (κ1) is 15.3. The van der Waals surface area contributed by atoms with Crippen LogP contribution in [0.1, 0.15) is 28.4 Å². The SMILES string of the molecule is CCc1ccc(CN(C)C(=O)c2cccc3ccccc23)cc1. The third-order valence-electron chi connectivity index (χ3n) is 4.22. The quantitative estimate of drug-likeness (QED) is 0.685. The van der Waals surface area contributed by atoms with Crippen LogP contribution >= 0.6 is 0 Å². The average Bonchev–Trinajstić information content (AvgIpc) is 2.61. The molecule has 0 saturated heterocycles. The number of carbonyl (C=O) groups is 1. The molecule has 0 N–H and O–H groups in total. The first-order valence-electron chi connectivity index (χ1n) is 8.00. The number of nitrogens with zero attached hydrogens (tertiary/aromatic N) is 1. The summed E-state index contributed by atoms with van der Waals surface area (Å²) in [6.07, 6.45) is 1.03. The molecule has 0 spiro atoms. The summed E-state index contributed by atoms with van der Waals surface area (Å²) in [6, 6.07) is 22.4. The molecule has 116 valence electrons. The van der Waals surface area contributed by atoms with Crippen LogP contribution < -0.4 is 0 Å². The van der Waals surface area contributed by atoms with Crippen LogP contribution in [0.25, 0.3) is 10.8 Å². The van der Waals surface area contributed by atoms with E-state index in [1.165, 1.54) is 5.56 Å². The van der Waals surface area contributed by atoms with E-state index in [0.717, 1.165) is 28.3 Å². The molecule has 0 heterocycles. The molecule has 3 aromatic carbocycles. The van der Waals surface area contributed by atoms with Gasteiger partial charge in [-0.3, -0.25) is 4.79 Å². The Kier molecular flexibility index (Phi) is 4.42. The second-order valence-corrected chi connectivity index (χ2v) is 5.86. The lowest BCUT2D eigenvalue weighted by atomic mass is 10.0. The van der Waals surface area contributed by atoms with Crippen molar-refractivity contribution in [1.29, 1.82) is 0 Å². The third kappa shape index (κ3) is 3.26. The molecule has 0 bridgehead atoms. The Balaban J connectivity index is 1.83. The summed E-state index contributed by atoms with van der Waals surface area (Å²) >= 11 is 0.